The summed E-state index contributed by atoms with van der Waals surface area (Å²) >= 11 is 12.5. The van der Waals surface area contributed by atoms with Crippen molar-refractivity contribution in [3.63, 3.8) is 0 Å². The lowest BCUT2D eigenvalue weighted by Crippen LogP contribution is -2.29. The van der Waals surface area contributed by atoms with Crippen LogP contribution in [0, 0.1) is 11.3 Å². The second kappa shape index (κ2) is 7.20. The second-order valence-corrected chi connectivity index (χ2v) is 8.09. The third-order valence-electron chi connectivity index (χ3n) is 5.17. The number of carbonyl (C=O) groups is 3. The number of ether oxygens (including phenoxy) is 1. The van der Waals surface area contributed by atoms with Crippen molar-refractivity contribution in [1.82, 2.24) is 0 Å². The van der Waals surface area contributed by atoms with E-state index in [-0.39, 0.29) is 27.4 Å². The first-order valence-electron chi connectivity index (χ1n) is 8.61. The molecule has 0 bridgehead atoms. The van der Waals surface area contributed by atoms with E-state index in [1.165, 1.54) is 6.92 Å². The van der Waals surface area contributed by atoms with Gasteiger partial charge in [-0.1, -0.05) is 36.0 Å². The SMILES string of the molecule is CC(=O)CCC1(CC2CC2)Cc2cc(OCC(=O)[O-])c(Cl)c(Cl)c2C1=O. The molecule has 1 fully saturated rings. The molecule has 1 unspecified atom stereocenters. The fourth-order valence-corrected chi connectivity index (χ4v) is 4.25. The summed E-state index contributed by atoms with van der Waals surface area (Å²) in [6.07, 6.45) is 4.21. The highest BCUT2D eigenvalue weighted by Crippen LogP contribution is 2.53. The minimum Gasteiger partial charge on any atom is -0.546 e. The molecule has 0 saturated heterocycles. The molecule has 0 spiro atoms. The van der Waals surface area contributed by atoms with E-state index in [0.29, 0.717) is 36.3 Å². The summed E-state index contributed by atoms with van der Waals surface area (Å²) < 4.78 is 5.16. The number of fused-ring (bicyclic) bond motifs is 1. The number of hydrogen-bond acceptors (Lipinski definition) is 5. The molecule has 2 aliphatic carbocycles. The molecule has 2 aliphatic rings. The van der Waals surface area contributed by atoms with Crippen LogP contribution >= 0.6 is 23.2 Å². The average Bonchev–Trinajstić information content (AvgIpc) is 3.33. The molecular weight excluding hydrogens is 379 g/mol. The van der Waals surface area contributed by atoms with Gasteiger partial charge in [0.1, 0.15) is 23.2 Å². The number of halogens is 2. The number of ketones is 2. The van der Waals surface area contributed by atoms with Crippen molar-refractivity contribution in [2.45, 2.75) is 45.4 Å². The van der Waals surface area contributed by atoms with E-state index in [1.54, 1.807) is 6.07 Å². The summed E-state index contributed by atoms with van der Waals surface area (Å²) in [5, 5.41) is 10.7. The monoisotopic (exact) mass is 397 g/mol. The molecule has 5 nitrogen and oxygen atoms in total. The molecule has 1 aromatic carbocycles. The number of hydrogen-bond donors (Lipinski definition) is 0. The van der Waals surface area contributed by atoms with Gasteiger partial charge in [0.25, 0.3) is 0 Å². The van der Waals surface area contributed by atoms with Gasteiger partial charge in [0.2, 0.25) is 0 Å². The first-order valence-corrected chi connectivity index (χ1v) is 9.37. The van der Waals surface area contributed by atoms with Crippen molar-refractivity contribution in [3.05, 3.63) is 27.2 Å². The van der Waals surface area contributed by atoms with Crippen molar-refractivity contribution in [1.29, 1.82) is 0 Å². The van der Waals surface area contributed by atoms with Gasteiger partial charge in [0, 0.05) is 17.4 Å². The Balaban J connectivity index is 1.95. The highest BCUT2D eigenvalue weighted by atomic mass is 35.5. The summed E-state index contributed by atoms with van der Waals surface area (Å²) in [4.78, 5) is 35.4. The lowest BCUT2D eigenvalue weighted by Gasteiger charge is -2.27. The largest absolute Gasteiger partial charge is 0.546 e. The molecule has 0 aromatic heterocycles. The Morgan fingerprint density at radius 3 is 2.58 bits per heavy atom. The molecule has 0 N–H and O–H groups in total. The van der Waals surface area contributed by atoms with Crippen LogP contribution in [0.5, 0.6) is 5.75 Å². The van der Waals surface area contributed by atoms with Crippen molar-refractivity contribution in [2.24, 2.45) is 11.3 Å². The van der Waals surface area contributed by atoms with Gasteiger partial charge in [-0.15, -0.1) is 0 Å². The predicted molar refractivity (Wildman–Crippen MR) is 94.7 cm³/mol. The van der Waals surface area contributed by atoms with E-state index in [4.69, 9.17) is 27.9 Å². The molecule has 1 atom stereocenters. The second-order valence-electron chi connectivity index (χ2n) is 7.33. The van der Waals surface area contributed by atoms with Gasteiger partial charge < -0.3 is 19.4 Å². The molecule has 26 heavy (non-hydrogen) atoms. The molecule has 0 radical (unpaired) electrons. The van der Waals surface area contributed by atoms with Gasteiger partial charge in [-0.2, -0.15) is 0 Å². The third kappa shape index (κ3) is 3.74. The molecule has 3 rings (SSSR count). The number of aliphatic carboxylic acids is 1. The van der Waals surface area contributed by atoms with Gasteiger partial charge in [-0.05, 0) is 43.7 Å². The number of benzene rings is 1. The zero-order valence-corrected chi connectivity index (χ0v) is 15.9. The standard InChI is InChI=1S/C19H20Cl2O5/c1-10(22)4-5-19(7-11-2-3-11)8-12-6-13(26-9-14(23)24)16(20)17(21)15(12)18(19)25/h6,11H,2-5,7-9H2,1H3,(H,23,24)/p-1. The maximum absolute atomic E-state index is 13.2. The fraction of sp³-hybridized carbons (Fsp3) is 0.526. The average molecular weight is 398 g/mol. The van der Waals surface area contributed by atoms with E-state index >= 15 is 0 Å². The molecule has 140 valence electrons. The predicted octanol–water partition coefficient (Wildman–Crippen LogP) is 3.02. The molecule has 0 heterocycles. The lowest BCUT2D eigenvalue weighted by molar-refractivity contribution is -0.307. The van der Waals surface area contributed by atoms with Crippen LogP contribution in [0.15, 0.2) is 6.07 Å². The molecular formula is C19H19Cl2O5-. The molecule has 7 heteroatoms. The van der Waals surface area contributed by atoms with E-state index in [0.717, 1.165) is 19.3 Å². The van der Waals surface area contributed by atoms with Crippen LogP contribution in [0.3, 0.4) is 0 Å². The summed E-state index contributed by atoms with van der Waals surface area (Å²) in [5.74, 6) is -0.771. The van der Waals surface area contributed by atoms with Gasteiger partial charge in [-0.3, -0.25) is 4.79 Å². The number of carbonyl (C=O) groups excluding carboxylic acids is 3. The topological polar surface area (TPSA) is 83.5 Å². The smallest absolute Gasteiger partial charge is 0.171 e. The van der Waals surface area contributed by atoms with E-state index in [1.807, 2.05) is 0 Å². The van der Waals surface area contributed by atoms with Gasteiger partial charge >= 0.3 is 0 Å². The Bertz CT molecular complexity index is 785. The van der Waals surface area contributed by atoms with Crippen molar-refractivity contribution in [3.8, 4) is 5.75 Å². The Hall–Kier alpha value is -1.59. The fourth-order valence-electron chi connectivity index (χ4n) is 3.75. The van der Waals surface area contributed by atoms with Crippen molar-refractivity contribution in [2.75, 3.05) is 6.61 Å². The number of carboxylic acid groups (broad SMARTS) is 1. The zero-order valence-electron chi connectivity index (χ0n) is 14.4. The lowest BCUT2D eigenvalue weighted by atomic mass is 9.74. The minimum atomic E-state index is -1.38. The Morgan fingerprint density at radius 2 is 2.00 bits per heavy atom. The van der Waals surface area contributed by atoms with E-state index < -0.39 is 18.0 Å². The normalized spacial score (nSPS) is 21.6. The summed E-state index contributed by atoms with van der Waals surface area (Å²) in [6, 6.07) is 1.59. The summed E-state index contributed by atoms with van der Waals surface area (Å²) in [6.45, 7) is 0.869. The Kier molecular flexibility index (Phi) is 5.31. The van der Waals surface area contributed by atoms with Crippen molar-refractivity contribution < 1.29 is 24.2 Å². The van der Waals surface area contributed by atoms with Gasteiger partial charge in [-0.25, -0.2) is 0 Å². The summed E-state index contributed by atoms with van der Waals surface area (Å²) in [7, 11) is 0. The first kappa shape index (κ1) is 19.2. The van der Waals surface area contributed by atoms with Crippen LogP contribution < -0.4 is 9.84 Å². The highest BCUT2D eigenvalue weighted by Gasteiger charge is 2.49. The van der Waals surface area contributed by atoms with Gasteiger partial charge in [0.05, 0.1) is 11.0 Å². The maximum atomic E-state index is 13.2. The quantitative estimate of drug-likeness (QED) is 0.672. The van der Waals surface area contributed by atoms with E-state index in [9.17, 15) is 19.5 Å². The zero-order chi connectivity index (χ0) is 19.1. The molecule has 1 saturated carbocycles. The van der Waals surface area contributed by atoms with Crippen LogP contribution in [0.25, 0.3) is 0 Å². The van der Waals surface area contributed by atoms with E-state index in [2.05, 4.69) is 0 Å². The van der Waals surface area contributed by atoms with Crippen molar-refractivity contribution >= 4 is 40.7 Å². The maximum Gasteiger partial charge on any atom is 0.171 e. The highest BCUT2D eigenvalue weighted by molar-refractivity contribution is 6.45. The van der Waals surface area contributed by atoms with Crippen LogP contribution in [0.2, 0.25) is 10.0 Å². The van der Waals surface area contributed by atoms with Crippen LogP contribution in [-0.2, 0) is 16.0 Å². The van der Waals surface area contributed by atoms with Crippen LogP contribution in [0.1, 0.15) is 54.9 Å². The van der Waals surface area contributed by atoms with Crippen LogP contribution in [-0.4, -0.2) is 24.1 Å². The first-order chi connectivity index (χ1) is 12.2. The minimum absolute atomic E-state index is 0.0220. The molecule has 1 aromatic rings. The Labute approximate surface area is 161 Å². The number of carboxylic acids is 1. The van der Waals surface area contributed by atoms with Gasteiger partial charge in [0.15, 0.2) is 5.78 Å². The molecule has 0 amide bonds. The van der Waals surface area contributed by atoms with Crippen LogP contribution in [0.4, 0.5) is 0 Å². The summed E-state index contributed by atoms with van der Waals surface area (Å²) in [5.41, 5.74) is 0.429. The third-order valence-corrected chi connectivity index (χ3v) is 6.02. The molecule has 0 aliphatic heterocycles. The number of rotatable bonds is 8. The number of Topliss-reactive ketones (excluding diaryl/α,β-unsaturated/α-hetero) is 2. The Morgan fingerprint density at radius 1 is 1.31 bits per heavy atom.